The second-order valence-electron chi connectivity index (χ2n) is 8.72. The molecule has 174 valence electrons. The predicted octanol–water partition coefficient (Wildman–Crippen LogP) is 2.06. The molecule has 0 amide bonds. The maximum absolute atomic E-state index is 14.9. The Hall–Kier alpha value is -3.34. The number of likely N-dealkylation sites (tertiary alicyclic amines) is 1. The van der Waals surface area contributed by atoms with Crippen molar-refractivity contribution in [2.45, 2.75) is 12.8 Å². The van der Waals surface area contributed by atoms with Gasteiger partial charge in [-0.15, -0.1) is 4.99 Å². The summed E-state index contributed by atoms with van der Waals surface area (Å²) in [4.78, 5) is 31.7. The minimum atomic E-state index is -2.71. The Bertz CT molecular complexity index is 1360. The Morgan fingerprint density at radius 2 is 1.85 bits per heavy atom. The molecule has 1 aromatic heterocycles. The second-order valence-corrected chi connectivity index (χ2v) is 11.9. The normalized spacial score (nSPS) is 18.0. The monoisotopic (exact) mass is 479 g/mol. The highest BCUT2D eigenvalue weighted by Crippen LogP contribution is 2.55. The topological polar surface area (TPSA) is 109 Å². The third-order valence-electron chi connectivity index (χ3n) is 6.66. The first-order chi connectivity index (χ1) is 16.5. The van der Waals surface area contributed by atoms with Gasteiger partial charge in [-0.05, 0) is 30.2 Å². The van der Waals surface area contributed by atoms with Crippen LogP contribution in [0.15, 0.2) is 52.3 Å². The number of aromatic nitrogens is 2. The molecule has 0 radical (unpaired) electrons. The number of nitrogens with zero attached hydrogens (tertiary/aromatic N) is 5. The number of hydrogen-bond donors (Lipinski definition) is 2. The van der Waals surface area contributed by atoms with E-state index in [2.05, 4.69) is 20.1 Å². The van der Waals surface area contributed by atoms with Gasteiger partial charge < -0.3 is 9.80 Å². The van der Waals surface area contributed by atoms with E-state index in [-0.39, 0.29) is 5.56 Å². The molecule has 8 nitrogen and oxygen atoms in total. The minimum absolute atomic E-state index is 0.247. The number of benzene rings is 2. The van der Waals surface area contributed by atoms with Gasteiger partial charge in [0.1, 0.15) is 12.3 Å². The van der Waals surface area contributed by atoms with Crippen LogP contribution in [0.1, 0.15) is 17.7 Å². The van der Waals surface area contributed by atoms with Crippen LogP contribution < -0.4 is 10.9 Å². The number of halogens is 1. The SMILES string of the molecule is N#CN=C(N1CCC1)N1CC[P+](O)(c2cc(Cc3n[nH]c(=O)c4ccccc34)ccc2F)CC1. The van der Waals surface area contributed by atoms with E-state index in [1.54, 1.807) is 24.3 Å². The molecule has 2 fully saturated rings. The first kappa shape index (κ1) is 22.5. The zero-order chi connectivity index (χ0) is 23.7. The van der Waals surface area contributed by atoms with Crippen LogP contribution in [-0.2, 0) is 6.42 Å². The molecule has 2 aromatic carbocycles. The van der Waals surface area contributed by atoms with E-state index in [1.807, 2.05) is 23.2 Å². The number of fused-ring (bicyclic) bond motifs is 1. The summed E-state index contributed by atoms with van der Waals surface area (Å²) in [5.41, 5.74) is 1.27. The van der Waals surface area contributed by atoms with Gasteiger partial charge in [0.25, 0.3) is 5.56 Å². The molecule has 0 unspecified atom stereocenters. The number of nitrogens with one attached hydrogen (secondary N) is 1. The fraction of sp³-hybridized carbons (Fsp3) is 0.333. The first-order valence-corrected chi connectivity index (χ1v) is 13.4. The Balaban J connectivity index is 1.38. The lowest BCUT2D eigenvalue weighted by atomic mass is 10.0. The summed E-state index contributed by atoms with van der Waals surface area (Å²) in [6.45, 7) is 2.80. The van der Waals surface area contributed by atoms with Crippen LogP contribution in [0.4, 0.5) is 4.39 Å². The van der Waals surface area contributed by atoms with Crippen molar-refractivity contribution in [1.29, 1.82) is 5.26 Å². The van der Waals surface area contributed by atoms with Gasteiger partial charge in [-0.3, -0.25) is 4.79 Å². The number of nitriles is 1. The van der Waals surface area contributed by atoms with E-state index in [1.165, 1.54) is 6.07 Å². The summed E-state index contributed by atoms with van der Waals surface area (Å²) < 4.78 is 14.9. The van der Waals surface area contributed by atoms with Crippen LogP contribution in [0.25, 0.3) is 10.8 Å². The quantitative estimate of drug-likeness (QED) is 0.258. The summed E-state index contributed by atoms with van der Waals surface area (Å²) in [6, 6.07) is 12.1. The predicted molar refractivity (Wildman–Crippen MR) is 131 cm³/mol. The van der Waals surface area contributed by atoms with Crippen molar-refractivity contribution in [3.8, 4) is 6.19 Å². The fourth-order valence-corrected chi connectivity index (χ4v) is 7.35. The lowest BCUT2D eigenvalue weighted by Gasteiger charge is -2.41. The van der Waals surface area contributed by atoms with E-state index >= 15 is 0 Å². The average molecular weight is 479 g/mol. The number of guanidine groups is 1. The van der Waals surface area contributed by atoms with Gasteiger partial charge in [0.15, 0.2) is 18.6 Å². The summed E-state index contributed by atoms with van der Waals surface area (Å²) >= 11 is 0. The molecule has 2 aliphatic rings. The number of aliphatic imine (C=N–C) groups is 1. The van der Waals surface area contributed by atoms with E-state index in [4.69, 9.17) is 5.26 Å². The summed E-state index contributed by atoms with van der Waals surface area (Å²) in [6.07, 6.45) is 4.24. The lowest BCUT2D eigenvalue weighted by molar-refractivity contribution is 0.250. The molecule has 3 heterocycles. The Morgan fingerprint density at radius 3 is 2.53 bits per heavy atom. The van der Waals surface area contributed by atoms with Gasteiger partial charge in [0, 0.05) is 24.9 Å². The maximum Gasteiger partial charge on any atom is 0.272 e. The molecular weight excluding hydrogens is 454 g/mol. The highest BCUT2D eigenvalue weighted by atomic mass is 31.2. The summed E-state index contributed by atoms with van der Waals surface area (Å²) in [7, 11) is -2.71. The Morgan fingerprint density at radius 1 is 1.15 bits per heavy atom. The number of hydrogen-bond acceptors (Lipinski definition) is 5. The zero-order valence-electron chi connectivity index (χ0n) is 18.6. The van der Waals surface area contributed by atoms with Crippen LogP contribution >= 0.6 is 7.49 Å². The van der Waals surface area contributed by atoms with Gasteiger partial charge in [0.2, 0.25) is 12.2 Å². The van der Waals surface area contributed by atoms with Crippen LogP contribution in [0, 0.1) is 17.3 Å². The molecule has 0 saturated carbocycles. The van der Waals surface area contributed by atoms with Gasteiger partial charge in [-0.2, -0.15) is 10.4 Å². The first-order valence-electron chi connectivity index (χ1n) is 11.3. The van der Waals surface area contributed by atoms with E-state index in [0.717, 1.165) is 30.5 Å². The molecular formula is C24H25FN6O2P+. The molecule has 0 spiro atoms. The van der Waals surface area contributed by atoms with Crippen molar-refractivity contribution in [1.82, 2.24) is 20.0 Å². The maximum atomic E-state index is 14.9. The van der Waals surface area contributed by atoms with Gasteiger partial charge in [-0.1, -0.05) is 24.3 Å². The van der Waals surface area contributed by atoms with Crippen molar-refractivity contribution in [3.63, 3.8) is 0 Å². The smallest absolute Gasteiger partial charge is 0.272 e. The molecule has 0 bridgehead atoms. The van der Waals surface area contributed by atoms with Gasteiger partial charge >= 0.3 is 0 Å². The van der Waals surface area contributed by atoms with Crippen molar-refractivity contribution in [2.24, 2.45) is 4.99 Å². The van der Waals surface area contributed by atoms with Crippen molar-refractivity contribution in [3.05, 3.63) is 69.9 Å². The zero-order valence-corrected chi connectivity index (χ0v) is 19.5. The lowest BCUT2D eigenvalue weighted by Crippen LogP contribution is -2.54. The molecule has 0 aliphatic carbocycles. The minimum Gasteiger partial charge on any atom is -0.342 e. The Kier molecular flexibility index (Phi) is 6.03. The molecule has 5 rings (SSSR count). The van der Waals surface area contributed by atoms with E-state index in [0.29, 0.717) is 54.2 Å². The van der Waals surface area contributed by atoms with E-state index < -0.39 is 13.3 Å². The van der Waals surface area contributed by atoms with Crippen molar-refractivity contribution < 1.29 is 9.28 Å². The van der Waals surface area contributed by atoms with Crippen molar-refractivity contribution >= 4 is 29.5 Å². The van der Waals surface area contributed by atoms with Crippen LogP contribution in [0.5, 0.6) is 0 Å². The third kappa shape index (κ3) is 4.15. The summed E-state index contributed by atoms with van der Waals surface area (Å²) in [5.74, 6) is 0.256. The fourth-order valence-electron chi connectivity index (χ4n) is 4.63. The largest absolute Gasteiger partial charge is 0.342 e. The molecule has 2 N–H and O–H groups in total. The molecule has 34 heavy (non-hydrogen) atoms. The molecule has 2 saturated heterocycles. The molecule has 3 aromatic rings. The molecule has 2 aliphatic heterocycles. The average Bonchev–Trinajstić information content (AvgIpc) is 2.81. The van der Waals surface area contributed by atoms with Crippen LogP contribution in [0.3, 0.4) is 0 Å². The highest BCUT2D eigenvalue weighted by Gasteiger charge is 2.46. The molecule has 10 heteroatoms. The second kappa shape index (κ2) is 9.13. The summed E-state index contributed by atoms with van der Waals surface area (Å²) in [5, 5.41) is 17.5. The van der Waals surface area contributed by atoms with E-state index in [9.17, 15) is 14.1 Å². The van der Waals surface area contributed by atoms with Gasteiger partial charge in [0.05, 0.1) is 24.2 Å². The van der Waals surface area contributed by atoms with Gasteiger partial charge in [-0.25, -0.2) is 14.4 Å². The molecule has 0 atom stereocenters. The number of aromatic amines is 1. The van der Waals surface area contributed by atoms with Crippen molar-refractivity contribution in [2.75, 3.05) is 38.5 Å². The highest BCUT2D eigenvalue weighted by molar-refractivity contribution is 7.77. The number of rotatable bonds is 3. The number of H-pyrrole nitrogens is 1. The Labute approximate surface area is 196 Å². The van der Waals surface area contributed by atoms with Crippen LogP contribution in [-0.4, -0.2) is 69.4 Å². The standard InChI is InChI=1S/C24H24FN6O2P/c25-20-7-6-17(14-21-18-4-1-2-5-19(18)23(32)29-28-21)15-22(20)34(33)12-10-31(11-13-34)24(27-16-26)30-8-3-9-30/h1-2,4-7,15,33H,3,8-14H2/p+1. The third-order valence-corrected chi connectivity index (χ3v) is 9.78. The van der Waals surface area contributed by atoms with Crippen LogP contribution in [0.2, 0.25) is 0 Å².